The molecule has 0 unspecified atom stereocenters. The molecule has 3 aromatic rings. The lowest BCUT2D eigenvalue weighted by atomic mass is 10.1. The zero-order chi connectivity index (χ0) is 21.8. The van der Waals surface area contributed by atoms with Gasteiger partial charge in [-0.25, -0.2) is 10.4 Å². The van der Waals surface area contributed by atoms with Gasteiger partial charge in [0.2, 0.25) is 0 Å². The molecule has 0 saturated heterocycles. The highest BCUT2D eigenvalue weighted by Gasteiger charge is 2.17. The van der Waals surface area contributed by atoms with Gasteiger partial charge in [-0.3, -0.25) is 15.0 Å². The van der Waals surface area contributed by atoms with Gasteiger partial charge in [-0.1, -0.05) is 23.7 Å². The van der Waals surface area contributed by atoms with Crippen LogP contribution in [0.5, 0.6) is 5.75 Å². The Balaban J connectivity index is 1.72. The van der Waals surface area contributed by atoms with E-state index in [2.05, 4.69) is 16.0 Å². The Hall–Kier alpha value is -2.72. The van der Waals surface area contributed by atoms with Gasteiger partial charge in [0.15, 0.2) is 0 Å². The fourth-order valence-electron chi connectivity index (χ4n) is 2.53. The molecule has 7 nitrogen and oxygen atoms in total. The second-order valence-electron chi connectivity index (χ2n) is 6.47. The number of halogens is 1. The number of nitrogens with one attached hydrogen (secondary N) is 2. The van der Waals surface area contributed by atoms with Crippen LogP contribution < -0.4 is 10.9 Å². The molecule has 156 valence electrons. The Bertz CT molecular complexity index is 1120. The molecule has 0 spiro atoms. The summed E-state index contributed by atoms with van der Waals surface area (Å²) in [5.41, 5.74) is 6.86. The largest absolute Gasteiger partial charge is 0.506 e. The topological polar surface area (TPSA) is 94.0 Å². The van der Waals surface area contributed by atoms with Crippen molar-refractivity contribution in [2.75, 3.05) is 14.1 Å². The highest BCUT2D eigenvalue weighted by atomic mass is 35.5. The quantitative estimate of drug-likeness (QED) is 0.378. The highest BCUT2D eigenvalue weighted by Crippen LogP contribution is 2.39. The van der Waals surface area contributed by atoms with Crippen molar-refractivity contribution >= 4 is 51.8 Å². The zero-order valence-electron chi connectivity index (χ0n) is 16.4. The van der Waals surface area contributed by atoms with E-state index in [-0.39, 0.29) is 11.7 Å². The first-order chi connectivity index (χ1) is 14.3. The van der Waals surface area contributed by atoms with E-state index in [1.165, 1.54) is 16.3 Å². The minimum Gasteiger partial charge on any atom is -0.506 e. The molecule has 0 aliphatic heterocycles. The predicted molar refractivity (Wildman–Crippen MR) is 122 cm³/mol. The van der Waals surface area contributed by atoms with Crippen molar-refractivity contribution in [2.24, 2.45) is 5.10 Å². The van der Waals surface area contributed by atoms with Crippen molar-refractivity contribution < 1.29 is 14.7 Å². The summed E-state index contributed by atoms with van der Waals surface area (Å²) in [7, 11) is 3.41. The van der Waals surface area contributed by atoms with E-state index >= 15 is 0 Å². The summed E-state index contributed by atoms with van der Waals surface area (Å²) in [6.07, 6.45) is 0. The fraction of sp³-hybridized carbons (Fsp3) is 0.150. The van der Waals surface area contributed by atoms with Crippen molar-refractivity contribution in [1.82, 2.24) is 15.9 Å². The van der Waals surface area contributed by atoms with Gasteiger partial charge in [0.25, 0.3) is 11.8 Å². The molecule has 0 atom stereocenters. The van der Waals surface area contributed by atoms with Crippen LogP contribution in [0.1, 0.15) is 31.8 Å². The molecular weight excluding hydrogens is 444 g/mol. The zero-order valence-corrected chi connectivity index (χ0v) is 18.8. The Labute approximate surface area is 186 Å². The maximum absolute atomic E-state index is 12.4. The van der Waals surface area contributed by atoms with Gasteiger partial charge in [-0.2, -0.15) is 5.10 Å². The average Bonchev–Trinajstić information content (AvgIpc) is 3.32. The monoisotopic (exact) mass is 462 g/mol. The average molecular weight is 463 g/mol. The number of hydrogen-bond acceptors (Lipinski definition) is 7. The molecular formula is C20H19ClN4O3S2. The summed E-state index contributed by atoms with van der Waals surface area (Å²) < 4.78 is 0. The highest BCUT2D eigenvalue weighted by molar-refractivity contribution is 7.16. The van der Waals surface area contributed by atoms with E-state index < -0.39 is 5.91 Å². The van der Waals surface area contributed by atoms with Gasteiger partial charge >= 0.3 is 0 Å². The molecule has 2 aromatic heterocycles. The summed E-state index contributed by atoms with van der Waals surface area (Å²) in [5, 5.41) is 18.6. The lowest BCUT2D eigenvalue weighted by Crippen LogP contribution is -2.35. The molecule has 3 rings (SSSR count). The molecule has 2 amide bonds. The Morgan fingerprint density at radius 1 is 1.13 bits per heavy atom. The van der Waals surface area contributed by atoms with E-state index in [4.69, 9.17) is 11.6 Å². The number of carbonyl (C=O) groups is 2. The summed E-state index contributed by atoms with van der Waals surface area (Å²) in [5.74, 6) is -0.648. The molecule has 30 heavy (non-hydrogen) atoms. The van der Waals surface area contributed by atoms with Crippen molar-refractivity contribution in [1.29, 1.82) is 0 Å². The van der Waals surface area contributed by atoms with E-state index in [1.807, 2.05) is 12.1 Å². The van der Waals surface area contributed by atoms with Crippen molar-refractivity contribution in [3.05, 3.63) is 62.1 Å². The van der Waals surface area contributed by atoms with Gasteiger partial charge < -0.3 is 5.11 Å². The molecule has 0 saturated carbocycles. The first kappa shape index (κ1) is 22.0. The van der Waals surface area contributed by atoms with E-state index in [0.717, 1.165) is 16.9 Å². The molecule has 0 aliphatic rings. The number of thiophene rings is 2. The van der Waals surface area contributed by atoms with Crippen molar-refractivity contribution in [2.45, 2.75) is 6.92 Å². The third-order valence-electron chi connectivity index (χ3n) is 3.95. The number of rotatable bonds is 6. The Kier molecular flexibility index (Phi) is 6.88. The van der Waals surface area contributed by atoms with Gasteiger partial charge in [0.1, 0.15) is 5.75 Å². The molecule has 0 radical (unpaired) electrons. The van der Waals surface area contributed by atoms with Crippen molar-refractivity contribution in [3.63, 3.8) is 0 Å². The minimum absolute atomic E-state index is 0.0801. The van der Waals surface area contributed by atoms with E-state index in [9.17, 15) is 14.7 Å². The number of benzene rings is 1. The second-order valence-corrected chi connectivity index (χ2v) is 8.87. The number of nitrogens with zero attached hydrogens (tertiary/aromatic N) is 2. The van der Waals surface area contributed by atoms with Crippen LogP contribution in [-0.2, 0) is 0 Å². The number of aromatic hydroxyl groups is 1. The first-order valence-electron chi connectivity index (χ1n) is 8.75. The Morgan fingerprint density at radius 2 is 1.83 bits per heavy atom. The normalized spacial score (nSPS) is 11.6. The van der Waals surface area contributed by atoms with Gasteiger partial charge in [-0.15, -0.1) is 22.7 Å². The van der Waals surface area contributed by atoms with Crippen LogP contribution in [-0.4, -0.2) is 41.7 Å². The number of hydrogen-bond donors (Lipinski definition) is 3. The van der Waals surface area contributed by atoms with E-state index in [0.29, 0.717) is 30.9 Å². The molecule has 2 heterocycles. The Morgan fingerprint density at radius 3 is 2.50 bits per heavy atom. The number of amides is 2. The summed E-state index contributed by atoms with van der Waals surface area (Å²) in [4.78, 5) is 25.8. The van der Waals surface area contributed by atoms with Gasteiger partial charge in [0.05, 0.1) is 25.9 Å². The molecule has 1 aromatic carbocycles. The molecule has 0 bridgehead atoms. The second kappa shape index (κ2) is 9.40. The van der Waals surface area contributed by atoms with Crippen LogP contribution in [0.15, 0.2) is 46.9 Å². The summed E-state index contributed by atoms with van der Waals surface area (Å²) >= 11 is 8.45. The molecule has 3 N–H and O–H groups in total. The summed E-state index contributed by atoms with van der Waals surface area (Å²) in [6, 6.07) is 10.3. The fourth-order valence-corrected chi connectivity index (χ4v) is 4.51. The third kappa shape index (κ3) is 5.06. The van der Waals surface area contributed by atoms with Crippen LogP contribution in [0.3, 0.4) is 0 Å². The predicted octanol–water partition coefficient (Wildman–Crippen LogP) is 4.20. The smallest absolute Gasteiger partial charge is 0.281 e. The minimum atomic E-state index is -0.437. The van der Waals surface area contributed by atoms with E-state index in [1.54, 1.807) is 50.7 Å². The maximum Gasteiger partial charge on any atom is 0.281 e. The first-order valence-corrected chi connectivity index (χ1v) is 10.8. The van der Waals surface area contributed by atoms with Crippen LogP contribution >= 0.6 is 34.3 Å². The van der Waals surface area contributed by atoms with Crippen LogP contribution in [0, 0.1) is 0 Å². The lowest BCUT2D eigenvalue weighted by Gasteiger charge is -2.09. The van der Waals surface area contributed by atoms with Gasteiger partial charge in [0, 0.05) is 24.5 Å². The third-order valence-corrected chi connectivity index (χ3v) is 6.28. The van der Waals surface area contributed by atoms with Crippen molar-refractivity contribution in [3.8, 4) is 16.2 Å². The maximum atomic E-state index is 12.4. The van der Waals surface area contributed by atoms with Crippen LogP contribution in [0.25, 0.3) is 10.4 Å². The van der Waals surface area contributed by atoms with Crippen LogP contribution in [0.2, 0.25) is 5.02 Å². The molecule has 0 fully saturated rings. The SMILES string of the molecule is CC(=NNC(=O)c1ccc(C(=O)NN(C)C)s1)c1csc(-c2cccc(Cl)c2)c1O. The summed E-state index contributed by atoms with van der Waals surface area (Å²) in [6.45, 7) is 1.69. The van der Waals surface area contributed by atoms with Crippen LogP contribution in [0.4, 0.5) is 0 Å². The number of hydrazine groups is 1. The molecule has 10 heteroatoms. The lowest BCUT2D eigenvalue weighted by molar-refractivity contribution is 0.0861. The standard InChI is InChI=1S/C20H19ClN4O3S2/c1-11(14-10-29-18(17(14)26)12-5-4-6-13(21)9-12)22-23-19(27)15-7-8-16(30-15)20(28)24-25(2)3/h4-10,26H,1-3H3,(H,23,27)(H,24,28). The molecule has 0 aliphatic carbocycles. The number of hydrazone groups is 1. The van der Waals surface area contributed by atoms with Gasteiger partial charge in [-0.05, 0) is 36.8 Å². The number of carbonyl (C=O) groups excluding carboxylic acids is 2.